The van der Waals surface area contributed by atoms with E-state index in [9.17, 15) is 9.59 Å². The SMILES string of the molecule is CC(=O)CC(CC(=O)O)C1C(C=C(Cl)Cl)C1(C)C. The van der Waals surface area contributed by atoms with Gasteiger partial charge in [-0.25, -0.2) is 0 Å². The molecule has 3 nitrogen and oxygen atoms in total. The number of carbonyl (C=O) groups is 2. The first kappa shape index (κ1) is 15.5. The van der Waals surface area contributed by atoms with Crippen LogP contribution in [0.1, 0.15) is 33.6 Å². The minimum Gasteiger partial charge on any atom is -0.481 e. The largest absolute Gasteiger partial charge is 0.481 e. The highest BCUT2D eigenvalue weighted by molar-refractivity contribution is 6.55. The molecule has 0 amide bonds. The van der Waals surface area contributed by atoms with E-state index < -0.39 is 5.97 Å². The minimum absolute atomic E-state index is 0.0118. The highest BCUT2D eigenvalue weighted by Crippen LogP contribution is 2.64. The Kier molecular flexibility index (Phi) is 4.84. The van der Waals surface area contributed by atoms with Crippen molar-refractivity contribution in [3.05, 3.63) is 10.6 Å². The topological polar surface area (TPSA) is 54.4 Å². The van der Waals surface area contributed by atoms with E-state index in [1.54, 1.807) is 6.08 Å². The molecule has 0 aliphatic heterocycles. The van der Waals surface area contributed by atoms with Crippen LogP contribution in [0.3, 0.4) is 0 Å². The lowest BCUT2D eigenvalue weighted by atomic mass is 9.89. The highest BCUT2D eigenvalue weighted by atomic mass is 35.5. The predicted octanol–water partition coefficient (Wildman–Crippen LogP) is 3.65. The van der Waals surface area contributed by atoms with Gasteiger partial charge in [-0.1, -0.05) is 43.1 Å². The van der Waals surface area contributed by atoms with E-state index in [0.29, 0.717) is 6.42 Å². The number of carboxylic acids is 1. The molecule has 0 saturated heterocycles. The average Bonchev–Trinajstić information content (AvgIpc) is 2.63. The van der Waals surface area contributed by atoms with Gasteiger partial charge in [-0.05, 0) is 30.1 Å². The third kappa shape index (κ3) is 3.72. The predicted molar refractivity (Wildman–Crippen MR) is 71.6 cm³/mol. The molecule has 0 bridgehead atoms. The van der Waals surface area contributed by atoms with Crippen molar-refractivity contribution >= 4 is 35.0 Å². The van der Waals surface area contributed by atoms with Crippen molar-refractivity contribution in [1.82, 2.24) is 0 Å². The van der Waals surface area contributed by atoms with Crippen LogP contribution in [0.15, 0.2) is 10.6 Å². The fraction of sp³-hybridized carbons (Fsp3) is 0.692. The zero-order chi connectivity index (χ0) is 14.1. The Morgan fingerprint density at radius 3 is 2.28 bits per heavy atom. The van der Waals surface area contributed by atoms with E-state index in [2.05, 4.69) is 0 Å². The van der Waals surface area contributed by atoms with Gasteiger partial charge in [0, 0.05) is 12.8 Å². The van der Waals surface area contributed by atoms with Crippen LogP contribution in [0.2, 0.25) is 0 Å². The number of allylic oxidation sites excluding steroid dienone is 1. The Morgan fingerprint density at radius 1 is 1.33 bits per heavy atom. The molecule has 1 fully saturated rings. The maximum absolute atomic E-state index is 11.2. The van der Waals surface area contributed by atoms with E-state index in [1.165, 1.54) is 6.92 Å². The molecular weight excluding hydrogens is 275 g/mol. The van der Waals surface area contributed by atoms with Crippen molar-refractivity contribution in [3.63, 3.8) is 0 Å². The molecule has 0 heterocycles. The van der Waals surface area contributed by atoms with Crippen molar-refractivity contribution in [1.29, 1.82) is 0 Å². The summed E-state index contributed by atoms with van der Waals surface area (Å²) in [5.41, 5.74) is -0.0510. The smallest absolute Gasteiger partial charge is 0.303 e. The van der Waals surface area contributed by atoms with Crippen molar-refractivity contribution < 1.29 is 14.7 Å². The summed E-state index contributed by atoms with van der Waals surface area (Å²) in [5, 5.41) is 8.93. The summed E-state index contributed by atoms with van der Waals surface area (Å²) in [7, 11) is 0. The van der Waals surface area contributed by atoms with Crippen molar-refractivity contribution in [3.8, 4) is 0 Å². The maximum Gasteiger partial charge on any atom is 0.303 e. The van der Waals surface area contributed by atoms with Gasteiger partial charge in [-0.2, -0.15) is 0 Å². The van der Waals surface area contributed by atoms with Gasteiger partial charge >= 0.3 is 5.97 Å². The molecule has 18 heavy (non-hydrogen) atoms. The molecule has 0 aromatic rings. The molecule has 5 heteroatoms. The monoisotopic (exact) mass is 292 g/mol. The van der Waals surface area contributed by atoms with Crippen LogP contribution in [-0.4, -0.2) is 16.9 Å². The van der Waals surface area contributed by atoms with Gasteiger partial charge in [0.2, 0.25) is 0 Å². The molecule has 0 aromatic carbocycles. The summed E-state index contributed by atoms with van der Waals surface area (Å²) < 4.78 is 0.201. The molecule has 0 radical (unpaired) electrons. The van der Waals surface area contributed by atoms with E-state index in [0.717, 1.165) is 0 Å². The van der Waals surface area contributed by atoms with E-state index in [4.69, 9.17) is 28.3 Å². The summed E-state index contributed by atoms with van der Waals surface area (Å²) in [6.07, 6.45) is 2.06. The number of carboxylic acid groups (broad SMARTS) is 1. The Labute approximate surface area is 117 Å². The molecule has 1 saturated carbocycles. The van der Waals surface area contributed by atoms with Crippen molar-refractivity contribution in [2.24, 2.45) is 23.2 Å². The molecule has 1 N–H and O–H groups in total. The lowest BCUT2D eigenvalue weighted by Gasteiger charge is -2.14. The summed E-state index contributed by atoms with van der Waals surface area (Å²) in [6, 6.07) is 0. The lowest BCUT2D eigenvalue weighted by Crippen LogP contribution is -2.16. The third-order valence-electron chi connectivity index (χ3n) is 3.80. The molecule has 3 unspecified atom stereocenters. The number of Topliss-reactive ketones (excluding diaryl/α,β-unsaturated/α-hetero) is 1. The van der Waals surface area contributed by atoms with E-state index in [-0.39, 0.29) is 39.9 Å². The highest BCUT2D eigenvalue weighted by Gasteiger charge is 2.59. The molecule has 102 valence electrons. The third-order valence-corrected chi connectivity index (χ3v) is 4.05. The summed E-state index contributed by atoms with van der Waals surface area (Å²) >= 11 is 11.3. The van der Waals surface area contributed by atoms with Gasteiger partial charge in [0.15, 0.2) is 0 Å². The fourth-order valence-corrected chi connectivity index (χ4v) is 3.26. The summed E-state index contributed by atoms with van der Waals surface area (Å²) in [6.45, 7) is 5.58. The second kappa shape index (κ2) is 5.62. The first-order valence-corrected chi connectivity index (χ1v) is 6.66. The van der Waals surface area contributed by atoms with Gasteiger partial charge in [0.05, 0.1) is 0 Å². The standard InChI is InChI=1S/C13H18Cl2O3/c1-7(16)4-8(5-11(17)18)12-9(6-10(14)15)13(12,2)3/h6,8-9,12H,4-5H2,1-3H3,(H,17,18). The van der Waals surface area contributed by atoms with Crippen LogP contribution in [-0.2, 0) is 9.59 Å². The van der Waals surface area contributed by atoms with E-state index in [1.807, 2.05) is 13.8 Å². The second-order valence-electron chi connectivity index (χ2n) is 5.59. The van der Waals surface area contributed by atoms with Crippen LogP contribution in [0, 0.1) is 23.2 Å². The molecule has 1 aliphatic rings. The summed E-state index contributed by atoms with van der Waals surface area (Å²) in [4.78, 5) is 22.1. The Morgan fingerprint density at radius 2 is 1.89 bits per heavy atom. The Bertz CT molecular complexity index is 368. The number of ketones is 1. The van der Waals surface area contributed by atoms with Crippen LogP contribution in [0.4, 0.5) is 0 Å². The number of halogens is 2. The molecule has 0 spiro atoms. The number of aliphatic carboxylic acids is 1. The zero-order valence-corrected chi connectivity index (χ0v) is 12.3. The number of hydrogen-bond donors (Lipinski definition) is 1. The molecule has 1 aliphatic carbocycles. The first-order valence-electron chi connectivity index (χ1n) is 5.90. The minimum atomic E-state index is -0.872. The second-order valence-corrected chi connectivity index (χ2v) is 6.60. The van der Waals surface area contributed by atoms with Crippen LogP contribution < -0.4 is 0 Å². The van der Waals surface area contributed by atoms with Crippen LogP contribution in [0.25, 0.3) is 0 Å². The molecule has 0 aromatic heterocycles. The molecule has 1 rings (SSSR count). The number of rotatable bonds is 6. The molecular formula is C13H18Cl2O3. The van der Waals surface area contributed by atoms with Gasteiger partial charge in [-0.3, -0.25) is 4.79 Å². The van der Waals surface area contributed by atoms with Gasteiger partial charge in [-0.15, -0.1) is 0 Å². The Balaban J connectivity index is 2.84. The van der Waals surface area contributed by atoms with Gasteiger partial charge < -0.3 is 9.90 Å². The fourth-order valence-electron chi connectivity index (χ4n) is 2.99. The van der Waals surface area contributed by atoms with Crippen LogP contribution >= 0.6 is 23.2 Å². The van der Waals surface area contributed by atoms with Crippen molar-refractivity contribution in [2.45, 2.75) is 33.6 Å². The zero-order valence-electron chi connectivity index (χ0n) is 10.7. The van der Waals surface area contributed by atoms with Crippen LogP contribution in [0.5, 0.6) is 0 Å². The quantitative estimate of drug-likeness (QED) is 0.813. The average molecular weight is 293 g/mol. The normalized spacial score (nSPS) is 26.3. The lowest BCUT2D eigenvalue weighted by molar-refractivity contribution is -0.138. The Hall–Kier alpha value is -0.540. The van der Waals surface area contributed by atoms with Gasteiger partial charge in [0.1, 0.15) is 10.3 Å². The number of carbonyl (C=O) groups excluding carboxylic acids is 1. The van der Waals surface area contributed by atoms with Crippen molar-refractivity contribution in [2.75, 3.05) is 0 Å². The molecule has 3 atom stereocenters. The first-order chi connectivity index (χ1) is 8.16. The van der Waals surface area contributed by atoms with Gasteiger partial charge in [0.25, 0.3) is 0 Å². The summed E-state index contributed by atoms with van der Waals surface area (Å²) in [5.74, 6) is -0.715. The maximum atomic E-state index is 11.2. The van der Waals surface area contributed by atoms with E-state index >= 15 is 0 Å². The number of hydrogen-bond acceptors (Lipinski definition) is 2.